The quantitative estimate of drug-likeness (QED) is 0.243. The number of hydrogen-bond donors (Lipinski definition) is 0. The molecular formula is C31H15BrN2O2. The minimum atomic E-state index is -0.00633. The third-order valence-corrected chi connectivity index (χ3v) is 7.85. The van der Waals surface area contributed by atoms with Gasteiger partial charge in [-0.1, -0.05) is 70.5 Å². The third kappa shape index (κ3) is 2.45. The van der Waals surface area contributed by atoms with E-state index in [0.29, 0.717) is 16.7 Å². The summed E-state index contributed by atoms with van der Waals surface area (Å²) in [6, 6.07) is 23.9. The number of fused-ring (bicyclic) bond motifs is 4. The maximum atomic E-state index is 13.5. The largest absolute Gasteiger partial charge is 0.289 e. The molecule has 0 bridgehead atoms. The summed E-state index contributed by atoms with van der Waals surface area (Å²) in [6.07, 6.45) is 5.39. The Morgan fingerprint density at radius 1 is 0.750 bits per heavy atom. The van der Waals surface area contributed by atoms with E-state index < -0.39 is 0 Å². The lowest BCUT2D eigenvalue weighted by molar-refractivity contribution is 0.103. The van der Waals surface area contributed by atoms with E-state index in [1.54, 1.807) is 12.2 Å². The van der Waals surface area contributed by atoms with Crippen LogP contribution < -0.4 is 5.22 Å². The molecule has 2 aliphatic rings. The van der Waals surface area contributed by atoms with E-state index in [1.165, 1.54) is 0 Å². The number of halogens is 1. The third-order valence-electron chi connectivity index (χ3n) is 7.36. The predicted octanol–water partition coefficient (Wildman–Crippen LogP) is 6.56. The molecule has 0 radical (unpaired) electrons. The van der Waals surface area contributed by atoms with Gasteiger partial charge in [0.25, 0.3) is 0 Å². The van der Waals surface area contributed by atoms with Crippen LogP contribution in [0.2, 0.25) is 0 Å². The van der Waals surface area contributed by atoms with E-state index in [9.17, 15) is 9.59 Å². The second-order valence-electron chi connectivity index (χ2n) is 9.24. The molecule has 36 heavy (non-hydrogen) atoms. The molecule has 0 saturated heterocycles. The number of ketones is 2. The summed E-state index contributed by atoms with van der Waals surface area (Å²) in [5, 5.41) is 9.79. The SMILES string of the molecule is O=C1C=CC=c2c1cc1cccc3nn(-c4ccc5c6c(cccc46)C(=O)c4cc(Br)ccc4-5)c2c13. The number of carbonyl (C=O) groups is 2. The van der Waals surface area contributed by atoms with Gasteiger partial charge in [0.05, 0.1) is 16.7 Å². The monoisotopic (exact) mass is 526 g/mol. The Morgan fingerprint density at radius 2 is 1.61 bits per heavy atom. The maximum Gasteiger partial charge on any atom is 0.194 e. The van der Waals surface area contributed by atoms with Gasteiger partial charge < -0.3 is 0 Å². The Morgan fingerprint density at radius 3 is 2.53 bits per heavy atom. The van der Waals surface area contributed by atoms with E-state index in [2.05, 4.69) is 34.1 Å². The number of allylic oxidation sites excluding steroid dienone is 2. The molecule has 0 unspecified atom stereocenters. The van der Waals surface area contributed by atoms with E-state index in [4.69, 9.17) is 5.10 Å². The number of rotatable bonds is 1. The van der Waals surface area contributed by atoms with Crippen molar-refractivity contribution in [2.75, 3.05) is 0 Å². The summed E-state index contributed by atoms with van der Waals surface area (Å²) in [4.78, 5) is 26.3. The lowest BCUT2D eigenvalue weighted by atomic mass is 9.82. The first-order valence-corrected chi connectivity index (χ1v) is 12.5. The van der Waals surface area contributed by atoms with Gasteiger partial charge in [0.15, 0.2) is 11.6 Å². The fourth-order valence-corrected chi connectivity index (χ4v) is 6.20. The van der Waals surface area contributed by atoms with E-state index in [-0.39, 0.29) is 11.6 Å². The molecule has 1 aromatic heterocycles. The molecule has 1 heterocycles. The van der Waals surface area contributed by atoms with Crippen LogP contribution in [0.25, 0.3) is 55.5 Å². The minimum absolute atomic E-state index is 0.00633. The van der Waals surface area contributed by atoms with Gasteiger partial charge in [-0.3, -0.25) is 9.59 Å². The summed E-state index contributed by atoms with van der Waals surface area (Å²) in [6.45, 7) is 0. The second-order valence-corrected chi connectivity index (χ2v) is 10.2. The highest BCUT2D eigenvalue weighted by Gasteiger charge is 2.27. The van der Waals surface area contributed by atoms with Crippen LogP contribution >= 0.6 is 15.9 Å². The zero-order valence-corrected chi connectivity index (χ0v) is 20.3. The molecule has 0 spiro atoms. The van der Waals surface area contributed by atoms with Crippen molar-refractivity contribution in [3.05, 3.63) is 111 Å². The van der Waals surface area contributed by atoms with Gasteiger partial charge in [0.2, 0.25) is 0 Å². The Balaban J connectivity index is 1.53. The van der Waals surface area contributed by atoms with Crippen LogP contribution in [-0.4, -0.2) is 21.3 Å². The van der Waals surface area contributed by atoms with Crippen molar-refractivity contribution in [3.63, 3.8) is 0 Å². The molecule has 5 heteroatoms. The molecule has 0 atom stereocenters. The van der Waals surface area contributed by atoms with Gasteiger partial charge in [-0.05, 0) is 52.9 Å². The zero-order valence-electron chi connectivity index (χ0n) is 18.7. The Bertz CT molecular complexity index is 2100. The van der Waals surface area contributed by atoms with Gasteiger partial charge >= 0.3 is 0 Å². The van der Waals surface area contributed by atoms with Crippen molar-refractivity contribution in [2.24, 2.45) is 0 Å². The smallest absolute Gasteiger partial charge is 0.194 e. The molecule has 0 N–H and O–H groups in total. The molecule has 0 amide bonds. The highest BCUT2D eigenvalue weighted by molar-refractivity contribution is 9.10. The normalized spacial score (nSPS) is 13.9. The molecule has 2 aliphatic carbocycles. The summed E-state index contributed by atoms with van der Waals surface area (Å²) in [5.41, 5.74) is 6.69. The average molecular weight is 527 g/mol. The summed E-state index contributed by atoms with van der Waals surface area (Å²) in [7, 11) is 0. The highest BCUT2D eigenvalue weighted by atomic mass is 79.9. The predicted molar refractivity (Wildman–Crippen MR) is 146 cm³/mol. The van der Waals surface area contributed by atoms with Crippen LogP contribution in [0.3, 0.4) is 0 Å². The summed E-state index contributed by atoms with van der Waals surface area (Å²) in [5.74, 6) is 0.0138. The number of benzene rings is 5. The van der Waals surface area contributed by atoms with Gasteiger partial charge in [0, 0.05) is 42.5 Å². The van der Waals surface area contributed by atoms with Gasteiger partial charge in [-0.25, -0.2) is 4.68 Å². The zero-order chi connectivity index (χ0) is 24.1. The molecule has 0 aliphatic heterocycles. The van der Waals surface area contributed by atoms with Crippen molar-refractivity contribution >= 4 is 66.2 Å². The molecule has 168 valence electrons. The first kappa shape index (κ1) is 19.9. The fraction of sp³-hybridized carbons (Fsp3) is 0. The van der Waals surface area contributed by atoms with E-state index in [0.717, 1.165) is 59.1 Å². The summed E-state index contributed by atoms with van der Waals surface area (Å²) >= 11 is 3.51. The molecule has 8 rings (SSSR count). The Hall–Kier alpha value is -4.35. The Labute approximate surface area is 213 Å². The average Bonchev–Trinajstić information content (AvgIpc) is 3.29. The van der Waals surface area contributed by atoms with Gasteiger partial charge in [-0.15, -0.1) is 0 Å². The molecular weight excluding hydrogens is 512 g/mol. The topological polar surface area (TPSA) is 52.0 Å². The van der Waals surface area contributed by atoms with Crippen LogP contribution in [0.5, 0.6) is 0 Å². The standard InChI is InChI=1S/C31H15BrN2O2/c32-17-10-11-18-19-12-13-26(21-6-2-7-22(29(19)21)31(36)24(18)15-17)34-30-20-5-3-9-27(35)23(20)14-16-4-1-8-25(33-34)28(16)30/h1-15H. The molecule has 0 fully saturated rings. The van der Waals surface area contributed by atoms with Crippen molar-refractivity contribution in [1.29, 1.82) is 0 Å². The first-order valence-electron chi connectivity index (χ1n) is 11.7. The van der Waals surface area contributed by atoms with Gasteiger partial charge in [-0.2, -0.15) is 5.10 Å². The number of hydrogen-bond acceptors (Lipinski definition) is 3. The highest BCUT2D eigenvalue weighted by Crippen LogP contribution is 2.42. The molecule has 6 aromatic rings. The van der Waals surface area contributed by atoms with Crippen molar-refractivity contribution < 1.29 is 9.59 Å². The summed E-state index contributed by atoms with van der Waals surface area (Å²) < 4.78 is 2.83. The van der Waals surface area contributed by atoms with E-state index in [1.807, 2.05) is 65.4 Å². The number of carbonyl (C=O) groups excluding carboxylic acids is 2. The lowest BCUT2D eigenvalue weighted by Gasteiger charge is -2.22. The minimum Gasteiger partial charge on any atom is -0.289 e. The number of nitrogens with zero attached hydrogens (tertiary/aromatic N) is 2. The van der Waals surface area contributed by atoms with Crippen molar-refractivity contribution in [2.45, 2.75) is 0 Å². The number of aromatic nitrogens is 2. The van der Waals surface area contributed by atoms with Crippen LogP contribution in [0.1, 0.15) is 26.3 Å². The first-order chi connectivity index (χ1) is 17.6. The lowest BCUT2D eigenvalue weighted by Crippen LogP contribution is -2.19. The molecule has 0 saturated carbocycles. The van der Waals surface area contributed by atoms with E-state index >= 15 is 0 Å². The fourth-order valence-electron chi connectivity index (χ4n) is 5.83. The molecule has 5 aromatic carbocycles. The molecule has 4 nitrogen and oxygen atoms in total. The van der Waals surface area contributed by atoms with Crippen LogP contribution in [0, 0.1) is 0 Å². The maximum absolute atomic E-state index is 13.5. The Kier molecular flexibility index (Phi) is 3.80. The second kappa shape index (κ2) is 6.86. The van der Waals surface area contributed by atoms with Crippen molar-refractivity contribution in [1.82, 2.24) is 9.78 Å². The van der Waals surface area contributed by atoms with Crippen LogP contribution in [0.4, 0.5) is 0 Å². The van der Waals surface area contributed by atoms with Crippen molar-refractivity contribution in [3.8, 4) is 16.8 Å². The van der Waals surface area contributed by atoms with Gasteiger partial charge in [0.1, 0.15) is 0 Å². The van der Waals surface area contributed by atoms with Crippen LogP contribution in [-0.2, 0) is 0 Å². The van der Waals surface area contributed by atoms with Crippen LogP contribution in [0.15, 0.2) is 89.4 Å².